The molecule has 0 unspecified atom stereocenters. The Bertz CT molecular complexity index is 359. The molecule has 0 radical (unpaired) electrons. The van der Waals surface area contributed by atoms with Gasteiger partial charge in [0.2, 0.25) is 0 Å². The zero-order valence-corrected chi connectivity index (χ0v) is 10.5. The molecule has 0 heterocycles. The molecule has 3 nitrogen and oxygen atoms in total. The van der Waals surface area contributed by atoms with Crippen molar-refractivity contribution in [2.45, 2.75) is 26.2 Å². The second-order valence-electron chi connectivity index (χ2n) is 3.86. The van der Waals surface area contributed by atoms with Crippen LogP contribution in [0.25, 0.3) is 0 Å². The van der Waals surface area contributed by atoms with Gasteiger partial charge in [-0.05, 0) is 31.0 Å². The van der Waals surface area contributed by atoms with Gasteiger partial charge in [-0.3, -0.25) is 0 Å². The van der Waals surface area contributed by atoms with Crippen LogP contribution in [0.5, 0.6) is 11.5 Å². The Hall–Kier alpha value is -1.36. The molecule has 0 aliphatic rings. The molecule has 0 aromatic heterocycles. The summed E-state index contributed by atoms with van der Waals surface area (Å²) in [7, 11) is 0. The van der Waals surface area contributed by atoms with Crippen molar-refractivity contribution < 1.29 is 18.3 Å². The maximum atomic E-state index is 12.2. The highest BCUT2D eigenvalue weighted by Crippen LogP contribution is 2.26. The number of ether oxygens (including phenoxy) is 2. The third-order valence-electron chi connectivity index (χ3n) is 2.29. The van der Waals surface area contributed by atoms with Crippen molar-refractivity contribution in [3.63, 3.8) is 0 Å². The summed E-state index contributed by atoms with van der Waals surface area (Å²) >= 11 is 0. The standard InChI is InChI=1S/C13H19F2NO2/c1-2-7-17-11-4-3-10(5-6-16)12(8-11)18-9-13(14)15/h3-4,8,13H,2,5-7,9,16H2,1H3. The third kappa shape index (κ3) is 4.87. The fraction of sp³-hybridized carbons (Fsp3) is 0.538. The summed E-state index contributed by atoms with van der Waals surface area (Å²) in [6, 6.07) is 5.25. The third-order valence-corrected chi connectivity index (χ3v) is 2.29. The number of hydrogen-bond acceptors (Lipinski definition) is 3. The molecule has 2 N–H and O–H groups in total. The van der Waals surface area contributed by atoms with Gasteiger partial charge in [-0.2, -0.15) is 0 Å². The van der Waals surface area contributed by atoms with Crippen LogP contribution < -0.4 is 15.2 Å². The van der Waals surface area contributed by atoms with E-state index in [1.807, 2.05) is 6.92 Å². The maximum Gasteiger partial charge on any atom is 0.272 e. The van der Waals surface area contributed by atoms with E-state index in [-0.39, 0.29) is 0 Å². The van der Waals surface area contributed by atoms with Crippen molar-refractivity contribution in [1.82, 2.24) is 0 Å². The highest BCUT2D eigenvalue weighted by molar-refractivity contribution is 5.41. The summed E-state index contributed by atoms with van der Waals surface area (Å²) < 4.78 is 34.8. The molecule has 1 aromatic rings. The minimum absolute atomic E-state index is 0.425. The van der Waals surface area contributed by atoms with E-state index in [4.69, 9.17) is 15.2 Å². The largest absolute Gasteiger partial charge is 0.493 e. The number of nitrogens with two attached hydrogens (primary N) is 1. The van der Waals surface area contributed by atoms with Gasteiger partial charge in [0.15, 0.2) is 0 Å². The van der Waals surface area contributed by atoms with Crippen LogP contribution in [-0.4, -0.2) is 26.2 Å². The first-order valence-corrected chi connectivity index (χ1v) is 6.04. The number of hydrogen-bond donors (Lipinski definition) is 1. The van der Waals surface area contributed by atoms with E-state index in [1.165, 1.54) is 0 Å². The molecule has 0 atom stereocenters. The van der Waals surface area contributed by atoms with Gasteiger partial charge >= 0.3 is 0 Å². The van der Waals surface area contributed by atoms with Crippen LogP contribution in [0.15, 0.2) is 18.2 Å². The molecule has 0 bridgehead atoms. The van der Waals surface area contributed by atoms with Gasteiger partial charge in [0.05, 0.1) is 6.61 Å². The van der Waals surface area contributed by atoms with E-state index < -0.39 is 13.0 Å². The van der Waals surface area contributed by atoms with Crippen LogP contribution in [0.2, 0.25) is 0 Å². The van der Waals surface area contributed by atoms with Crippen LogP contribution >= 0.6 is 0 Å². The second kappa shape index (κ2) is 7.87. The maximum absolute atomic E-state index is 12.2. The lowest BCUT2D eigenvalue weighted by Crippen LogP contribution is -2.10. The van der Waals surface area contributed by atoms with E-state index >= 15 is 0 Å². The molecule has 102 valence electrons. The summed E-state index contributed by atoms with van der Waals surface area (Å²) in [6.45, 7) is 2.41. The van der Waals surface area contributed by atoms with Crippen molar-refractivity contribution in [2.75, 3.05) is 19.8 Å². The lowest BCUT2D eigenvalue weighted by atomic mass is 10.1. The molecule has 0 saturated heterocycles. The Morgan fingerprint density at radius 3 is 2.67 bits per heavy atom. The molecule has 5 heteroatoms. The van der Waals surface area contributed by atoms with Crippen molar-refractivity contribution in [1.29, 1.82) is 0 Å². The molecule has 18 heavy (non-hydrogen) atoms. The molecule has 0 aliphatic heterocycles. The van der Waals surface area contributed by atoms with E-state index in [1.54, 1.807) is 18.2 Å². The van der Waals surface area contributed by atoms with Gasteiger partial charge in [-0.15, -0.1) is 0 Å². The summed E-state index contributed by atoms with van der Waals surface area (Å²) in [4.78, 5) is 0. The molecule has 1 aromatic carbocycles. The van der Waals surface area contributed by atoms with Crippen molar-refractivity contribution >= 4 is 0 Å². The Labute approximate surface area is 106 Å². The fourth-order valence-electron chi connectivity index (χ4n) is 1.49. The van der Waals surface area contributed by atoms with E-state index in [0.717, 1.165) is 12.0 Å². The van der Waals surface area contributed by atoms with E-state index in [0.29, 0.717) is 31.1 Å². The van der Waals surface area contributed by atoms with Crippen LogP contribution in [0.1, 0.15) is 18.9 Å². The monoisotopic (exact) mass is 259 g/mol. The van der Waals surface area contributed by atoms with Crippen LogP contribution in [-0.2, 0) is 6.42 Å². The van der Waals surface area contributed by atoms with Crippen LogP contribution in [0, 0.1) is 0 Å². The fourth-order valence-corrected chi connectivity index (χ4v) is 1.49. The highest BCUT2D eigenvalue weighted by Gasteiger charge is 2.09. The molecular formula is C13H19F2NO2. The molecule has 0 amide bonds. The van der Waals surface area contributed by atoms with E-state index in [9.17, 15) is 8.78 Å². The van der Waals surface area contributed by atoms with Gasteiger partial charge in [0, 0.05) is 6.07 Å². The Morgan fingerprint density at radius 1 is 1.28 bits per heavy atom. The number of rotatable bonds is 8. The lowest BCUT2D eigenvalue weighted by Gasteiger charge is -2.13. The number of halogens is 2. The van der Waals surface area contributed by atoms with Gasteiger partial charge < -0.3 is 15.2 Å². The minimum atomic E-state index is -2.49. The smallest absolute Gasteiger partial charge is 0.272 e. The van der Waals surface area contributed by atoms with Crippen molar-refractivity contribution in [3.05, 3.63) is 23.8 Å². The molecule has 0 spiro atoms. The number of benzene rings is 1. The zero-order chi connectivity index (χ0) is 13.4. The predicted molar refractivity (Wildman–Crippen MR) is 66.5 cm³/mol. The average Bonchev–Trinajstić information content (AvgIpc) is 2.36. The van der Waals surface area contributed by atoms with Crippen molar-refractivity contribution in [3.8, 4) is 11.5 Å². The highest BCUT2D eigenvalue weighted by atomic mass is 19.3. The molecule has 1 rings (SSSR count). The van der Waals surface area contributed by atoms with Gasteiger partial charge in [-0.1, -0.05) is 13.0 Å². The SMILES string of the molecule is CCCOc1ccc(CCN)c(OCC(F)F)c1. The first-order valence-electron chi connectivity index (χ1n) is 6.04. The topological polar surface area (TPSA) is 44.5 Å². The average molecular weight is 259 g/mol. The molecule has 0 fully saturated rings. The number of alkyl halides is 2. The summed E-state index contributed by atoms with van der Waals surface area (Å²) in [5, 5.41) is 0. The second-order valence-corrected chi connectivity index (χ2v) is 3.86. The lowest BCUT2D eigenvalue weighted by molar-refractivity contribution is 0.0812. The molecular weight excluding hydrogens is 240 g/mol. The summed E-state index contributed by atoms with van der Waals surface area (Å²) in [5.41, 5.74) is 6.29. The van der Waals surface area contributed by atoms with E-state index in [2.05, 4.69) is 0 Å². The minimum Gasteiger partial charge on any atom is -0.493 e. The van der Waals surface area contributed by atoms with Crippen molar-refractivity contribution in [2.24, 2.45) is 5.73 Å². The first kappa shape index (κ1) is 14.7. The van der Waals surface area contributed by atoms with Gasteiger partial charge in [-0.25, -0.2) is 8.78 Å². The zero-order valence-electron chi connectivity index (χ0n) is 10.5. The Balaban J connectivity index is 2.78. The Morgan fingerprint density at radius 2 is 2.06 bits per heavy atom. The summed E-state index contributed by atoms with van der Waals surface area (Å²) in [5.74, 6) is 1.05. The van der Waals surface area contributed by atoms with Crippen LogP contribution in [0.4, 0.5) is 8.78 Å². The van der Waals surface area contributed by atoms with Gasteiger partial charge in [0.1, 0.15) is 18.1 Å². The Kier molecular flexibility index (Phi) is 6.43. The normalized spacial score (nSPS) is 10.7. The quantitative estimate of drug-likeness (QED) is 0.780. The van der Waals surface area contributed by atoms with Crippen LogP contribution in [0.3, 0.4) is 0 Å². The molecule has 0 saturated carbocycles. The predicted octanol–water partition coefficient (Wildman–Crippen LogP) is 2.62. The summed E-state index contributed by atoms with van der Waals surface area (Å²) in [6.07, 6.45) is -1.01. The first-order chi connectivity index (χ1) is 8.67. The molecule has 0 aliphatic carbocycles. The van der Waals surface area contributed by atoms with Gasteiger partial charge in [0.25, 0.3) is 6.43 Å².